The van der Waals surface area contributed by atoms with Gasteiger partial charge >= 0.3 is 0 Å². The minimum absolute atomic E-state index is 0.150. The van der Waals surface area contributed by atoms with Crippen LogP contribution in [0.25, 0.3) is 10.9 Å². The van der Waals surface area contributed by atoms with Crippen molar-refractivity contribution in [2.75, 3.05) is 0 Å². The van der Waals surface area contributed by atoms with Gasteiger partial charge in [0.1, 0.15) is 5.82 Å². The Bertz CT molecular complexity index is 764. The Labute approximate surface area is 121 Å². The topological polar surface area (TPSA) is 30.9 Å². The highest BCUT2D eigenvalue weighted by molar-refractivity contribution is 6.30. The van der Waals surface area contributed by atoms with E-state index in [2.05, 4.69) is 4.57 Å². The molecular formula is C16H14ClFN2. The first kappa shape index (κ1) is 13.2. The summed E-state index contributed by atoms with van der Waals surface area (Å²) in [5.41, 5.74) is 8.83. The van der Waals surface area contributed by atoms with Crippen LogP contribution in [-0.4, -0.2) is 4.57 Å². The Morgan fingerprint density at radius 2 is 2.00 bits per heavy atom. The van der Waals surface area contributed by atoms with E-state index >= 15 is 0 Å². The van der Waals surface area contributed by atoms with E-state index in [1.165, 1.54) is 6.07 Å². The van der Waals surface area contributed by atoms with Crippen molar-refractivity contribution in [1.82, 2.24) is 4.57 Å². The molecule has 1 heterocycles. The molecule has 4 heteroatoms. The molecule has 102 valence electrons. The average Bonchev–Trinajstić information content (AvgIpc) is 2.86. The molecular weight excluding hydrogens is 275 g/mol. The van der Waals surface area contributed by atoms with Crippen molar-refractivity contribution in [1.29, 1.82) is 0 Å². The van der Waals surface area contributed by atoms with E-state index < -0.39 is 0 Å². The molecule has 0 aliphatic heterocycles. The number of rotatable bonds is 3. The van der Waals surface area contributed by atoms with Crippen LogP contribution in [0.1, 0.15) is 11.1 Å². The summed E-state index contributed by atoms with van der Waals surface area (Å²) in [5.74, 6) is -0.386. The number of nitrogens with two attached hydrogens (primary N) is 1. The fourth-order valence-corrected chi connectivity index (χ4v) is 2.56. The lowest BCUT2D eigenvalue weighted by atomic mass is 10.1. The lowest BCUT2D eigenvalue weighted by molar-refractivity contribution is 0.624. The number of benzene rings is 2. The molecule has 0 amide bonds. The highest BCUT2D eigenvalue weighted by Crippen LogP contribution is 2.22. The summed E-state index contributed by atoms with van der Waals surface area (Å²) in [5, 5.41) is 1.29. The predicted molar refractivity (Wildman–Crippen MR) is 80.3 cm³/mol. The Balaban J connectivity index is 2.00. The van der Waals surface area contributed by atoms with Gasteiger partial charge in [0.15, 0.2) is 0 Å². The summed E-state index contributed by atoms with van der Waals surface area (Å²) in [4.78, 5) is 0. The fraction of sp³-hybridized carbons (Fsp3) is 0.125. The number of halogens is 2. The van der Waals surface area contributed by atoms with Gasteiger partial charge in [-0.25, -0.2) is 4.39 Å². The third-order valence-corrected chi connectivity index (χ3v) is 3.77. The number of hydrogen-bond acceptors (Lipinski definition) is 1. The summed E-state index contributed by atoms with van der Waals surface area (Å²) < 4.78 is 15.6. The molecule has 0 spiro atoms. The van der Waals surface area contributed by atoms with E-state index in [9.17, 15) is 4.39 Å². The summed E-state index contributed by atoms with van der Waals surface area (Å²) in [7, 11) is 0. The second-order valence-corrected chi connectivity index (χ2v) is 5.15. The second kappa shape index (κ2) is 5.27. The van der Waals surface area contributed by atoms with Crippen LogP contribution in [0.3, 0.4) is 0 Å². The molecule has 2 aromatic carbocycles. The van der Waals surface area contributed by atoms with Crippen molar-refractivity contribution in [2.24, 2.45) is 5.73 Å². The summed E-state index contributed by atoms with van der Waals surface area (Å²) in [6.45, 7) is 1.11. The second-order valence-electron chi connectivity index (χ2n) is 4.75. The SMILES string of the molecule is NCc1cccc2c1ccn2Cc1ccc(Cl)c(F)c1. The third-order valence-electron chi connectivity index (χ3n) is 3.46. The molecule has 0 bridgehead atoms. The first-order valence-corrected chi connectivity index (χ1v) is 6.77. The van der Waals surface area contributed by atoms with E-state index in [1.807, 2.05) is 36.5 Å². The van der Waals surface area contributed by atoms with Gasteiger partial charge in [0, 0.05) is 30.2 Å². The molecule has 2 N–H and O–H groups in total. The molecule has 3 aromatic rings. The van der Waals surface area contributed by atoms with Crippen LogP contribution in [0.15, 0.2) is 48.7 Å². The molecule has 0 fully saturated rings. The average molecular weight is 289 g/mol. The smallest absolute Gasteiger partial charge is 0.142 e. The Morgan fingerprint density at radius 3 is 2.75 bits per heavy atom. The summed E-state index contributed by atoms with van der Waals surface area (Å²) >= 11 is 5.70. The zero-order valence-corrected chi connectivity index (χ0v) is 11.6. The molecule has 0 unspecified atom stereocenters. The lowest BCUT2D eigenvalue weighted by Gasteiger charge is -2.07. The molecule has 0 atom stereocenters. The van der Waals surface area contributed by atoms with Crippen LogP contribution in [0.5, 0.6) is 0 Å². The zero-order valence-electron chi connectivity index (χ0n) is 10.8. The maximum atomic E-state index is 13.5. The van der Waals surface area contributed by atoms with E-state index in [1.54, 1.807) is 6.07 Å². The predicted octanol–water partition coefficient (Wildman–Crippen LogP) is 3.94. The Kier molecular flexibility index (Phi) is 3.47. The van der Waals surface area contributed by atoms with Crippen molar-refractivity contribution in [3.05, 3.63) is 70.6 Å². The maximum absolute atomic E-state index is 13.5. The molecule has 3 rings (SSSR count). The van der Waals surface area contributed by atoms with Gasteiger partial charge in [0.25, 0.3) is 0 Å². The standard InChI is InChI=1S/C16H14ClFN2/c17-14-5-4-11(8-15(14)18)10-20-7-6-13-12(9-19)2-1-3-16(13)20/h1-8H,9-10,19H2. The lowest BCUT2D eigenvalue weighted by Crippen LogP contribution is -2.00. The molecule has 0 aliphatic rings. The molecule has 0 saturated carbocycles. The Hall–Kier alpha value is -1.84. The minimum Gasteiger partial charge on any atom is -0.343 e. The first-order valence-electron chi connectivity index (χ1n) is 6.40. The summed E-state index contributed by atoms with van der Waals surface area (Å²) in [6, 6.07) is 13.0. The van der Waals surface area contributed by atoms with Crippen LogP contribution in [0, 0.1) is 5.82 Å². The van der Waals surface area contributed by atoms with E-state index in [4.69, 9.17) is 17.3 Å². The van der Waals surface area contributed by atoms with E-state index in [0.29, 0.717) is 13.1 Å². The minimum atomic E-state index is -0.386. The van der Waals surface area contributed by atoms with Gasteiger partial charge in [-0.05, 0) is 35.4 Å². The van der Waals surface area contributed by atoms with E-state index in [0.717, 1.165) is 22.0 Å². The van der Waals surface area contributed by atoms with Gasteiger partial charge in [-0.1, -0.05) is 29.8 Å². The third kappa shape index (κ3) is 2.30. The van der Waals surface area contributed by atoms with Crippen LogP contribution < -0.4 is 5.73 Å². The quantitative estimate of drug-likeness (QED) is 0.777. The van der Waals surface area contributed by atoms with Gasteiger partial charge in [0.05, 0.1) is 5.02 Å². The molecule has 0 saturated heterocycles. The molecule has 0 aliphatic carbocycles. The van der Waals surface area contributed by atoms with Crippen molar-refractivity contribution < 1.29 is 4.39 Å². The van der Waals surface area contributed by atoms with Gasteiger partial charge in [-0.2, -0.15) is 0 Å². The van der Waals surface area contributed by atoms with Crippen LogP contribution in [0.2, 0.25) is 5.02 Å². The number of hydrogen-bond donors (Lipinski definition) is 1. The van der Waals surface area contributed by atoms with Crippen LogP contribution in [0.4, 0.5) is 4.39 Å². The number of aromatic nitrogens is 1. The van der Waals surface area contributed by atoms with Crippen molar-refractivity contribution in [3.8, 4) is 0 Å². The van der Waals surface area contributed by atoms with Crippen molar-refractivity contribution in [2.45, 2.75) is 13.1 Å². The number of nitrogens with zero attached hydrogens (tertiary/aromatic N) is 1. The summed E-state index contributed by atoms with van der Waals surface area (Å²) in [6.07, 6.45) is 2.00. The van der Waals surface area contributed by atoms with E-state index in [-0.39, 0.29) is 10.8 Å². The maximum Gasteiger partial charge on any atom is 0.142 e. The van der Waals surface area contributed by atoms with Gasteiger partial charge in [-0.15, -0.1) is 0 Å². The highest BCUT2D eigenvalue weighted by atomic mass is 35.5. The van der Waals surface area contributed by atoms with Gasteiger partial charge in [0.2, 0.25) is 0 Å². The molecule has 1 aromatic heterocycles. The monoisotopic (exact) mass is 288 g/mol. The van der Waals surface area contributed by atoms with Crippen molar-refractivity contribution >= 4 is 22.5 Å². The highest BCUT2D eigenvalue weighted by Gasteiger charge is 2.06. The first-order chi connectivity index (χ1) is 9.69. The molecule has 0 radical (unpaired) electrons. The number of fused-ring (bicyclic) bond motifs is 1. The Morgan fingerprint density at radius 1 is 1.15 bits per heavy atom. The van der Waals surface area contributed by atoms with Crippen LogP contribution >= 0.6 is 11.6 Å². The van der Waals surface area contributed by atoms with Crippen LogP contribution in [-0.2, 0) is 13.1 Å². The normalized spacial score (nSPS) is 11.2. The molecule has 20 heavy (non-hydrogen) atoms. The van der Waals surface area contributed by atoms with Crippen molar-refractivity contribution in [3.63, 3.8) is 0 Å². The van der Waals surface area contributed by atoms with Gasteiger partial charge in [-0.3, -0.25) is 0 Å². The largest absolute Gasteiger partial charge is 0.343 e. The molecule has 2 nitrogen and oxygen atoms in total. The van der Waals surface area contributed by atoms with Gasteiger partial charge < -0.3 is 10.3 Å². The zero-order chi connectivity index (χ0) is 14.1. The fourth-order valence-electron chi connectivity index (χ4n) is 2.44.